The fourth-order valence-electron chi connectivity index (χ4n) is 2.78. The number of halogens is 4. The van der Waals surface area contributed by atoms with Crippen molar-refractivity contribution in [1.29, 1.82) is 0 Å². The van der Waals surface area contributed by atoms with Crippen LogP contribution in [-0.2, 0) is 18.3 Å². The Bertz CT molecular complexity index is 1000. The summed E-state index contributed by atoms with van der Waals surface area (Å²) in [5, 5.41) is 0. The molecule has 0 fully saturated rings. The number of rotatable bonds is 7. The van der Waals surface area contributed by atoms with Crippen LogP contribution in [0.25, 0.3) is 11.3 Å². The average molecular weight is 422 g/mol. The first-order valence-corrected chi connectivity index (χ1v) is 8.90. The zero-order valence-electron chi connectivity index (χ0n) is 15.9. The third kappa shape index (κ3) is 5.86. The number of carbonyl (C=O) groups is 1. The number of pyridine rings is 1. The minimum Gasteiger partial charge on any atom is -0.340 e. The lowest BCUT2D eigenvalue weighted by Crippen LogP contribution is -2.35. The topological polar surface area (TPSA) is 60.2 Å². The van der Waals surface area contributed by atoms with Crippen LogP contribution in [0.3, 0.4) is 0 Å². The Labute approximate surface area is 169 Å². The van der Waals surface area contributed by atoms with Crippen molar-refractivity contribution in [3.05, 3.63) is 72.2 Å². The smallest absolute Gasteiger partial charge is 0.340 e. The summed E-state index contributed by atoms with van der Waals surface area (Å²) in [6.07, 6.45) is -0.358. The van der Waals surface area contributed by atoms with Gasteiger partial charge in [0, 0.05) is 38.1 Å². The van der Waals surface area contributed by atoms with E-state index >= 15 is 0 Å². The summed E-state index contributed by atoms with van der Waals surface area (Å²) >= 11 is 0. The molecule has 2 heterocycles. The molecule has 158 valence electrons. The van der Waals surface area contributed by atoms with Gasteiger partial charge in [0.05, 0.1) is 18.6 Å². The summed E-state index contributed by atoms with van der Waals surface area (Å²) in [5.41, 5.74) is 1.96. The Morgan fingerprint density at radius 2 is 1.90 bits per heavy atom. The van der Waals surface area contributed by atoms with Crippen LogP contribution in [0.5, 0.6) is 0 Å². The number of hydrogen-bond donors (Lipinski definition) is 0. The number of aromatic nitrogens is 3. The van der Waals surface area contributed by atoms with Crippen molar-refractivity contribution in [2.45, 2.75) is 12.9 Å². The third-order valence-electron chi connectivity index (χ3n) is 4.18. The van der Waals surface area contributed by atoms with Gasteiger partial charge in [0.25, 0.3) is 5.91 Å². The number of ether oxygens (including phenoxy) is 1. The molecule has 3 aromatic rings. The number of nitrogens with zero attached hydrogens (tertiary/aromatic N) is 4. The maximum Gasteiger partial charge on any atom is 0.522 e. The zero-order valence-corrected chi connectivity index (χ0v) is 15.9. The molecular formula is C20H18F4N4O2. The first-order chi connectivity index (χ1) is 14.2. The summed E-state index contributed by atoms with van der Waals surface area (Å²) in [6, 6.07) is 9.07. The summed E-state index contributed by atoms with van der Waals surface area (Å²) in [4.78, 5) is 22.2. The largest absolute Gasteiger partial charge is 0.522 e. The van der Waals surface area contributed by atoms with Crippen LogP contribution in [0.4, 0.5) is 17.6 Å². The van der Waals surface area contributed by atoms with Crippen LogP contribution in [0, 0.1) is 5.82 Å². The molecule has 0 aliphatic carbocycles. The second-order valence-corrected chi connectivity index (χ2v) is 6.50. The van der Waals surface area contributed by atoms with E-state index in [-0.39, 0.29) is 24.6 Å². The van der Waals surface area contributed by atoms with Crippen LogP contribution in [-0.4, -0.2) is 44.9 Å². The Hall–Kier alpha value is -3.27. The maximum absolute atomic E-state index is 13.1. The lowest BCUT2D eigenvalue weighted by molar-refractivity contribution is -0.324. The van der Waals surface area contributed by atoms with Gasteiger partial charge < -0.3 is 9.47 Å². The standard InChI is InChI=1S/C20H18F4N4O2/c1-27-12-18(26-13-27)19(29)28(8-9-30-20(22,23)24)11-14-6-7-25-17(10-14)15-2-4-16(21)5-3-15/h2-7,10,12-13H,8-9,11H2,1H3. The Morgan fingerprint density at radius 3 is 2.53 bits per heavy atom. The molecule has 10 heteroatoms. The van der Waals surface area contributed by atoms with E-state index in [1.165, 1.54) is 35.8 Å². The third-order valence-corrected chi connectivity index (χ3v) is 4.18. The number of aryl methyl sites for hydroxylation is 1. The van der Waals surface area contributed by atoms with Crippen LogP contribution in [0.15, 0.2) is 55.1 Å². The van der Waals surface area contributed by atoms with Gasteiger partial charge in [0.15, 0.2) is 0 Å². The van der Waals surface area contributed by atoms with E-state index in [2.05, 4.69) is 14.7 Å². The van der Waals surface area contributed by atoms with E-state index in [0.717, 1.165) is 0 Å². The fraction of sp³-hybridized carbons (Fsp3) is 0.250. The van der Waals surface area contributed by atoms with Crippen LogP contribution < -0.4 is 0 Å². The molecule has 0 radical (unpaired) electrons. The normalized spacial score (nSPS) is 11.5. The van der Waals surface area contributed by atoms with Crippen molar-refractivity contribution >= 4 is 5.91 Å². The molecule has 0 bridgehead atoms. The zero-order chi connectivity index (χ0) is 21.7. The predicted octanol–water partition coefficient (Wildman–Crippen LogP) is 3.80. The first kappa shape index (κ1) is 21.4. The minimum absolute atomic E-state index is 0.0212. The van der Waals surface area contributed by atoms with Gasteiger partial charge in [-0.25, -0.2) is 9.37 Å². The van der Waals surface area contributed by atoms with Gasteiger partial charge >= 0.3 is 6.36 Å². The van der Waals surface area contributed by atoms with Crippen LogP contribution in [0.2, 0.25) is 0 Å². The van der Waals surface area contributed by atoms with Crippen LogP contribution in [0.1, 0.15) is 16.1 Å². The Balaban J connectivity index is 1.80. The number of carbonyl (C=O) groups excluding carboxylic acids is 1. The molecule has 0 saturated heterocycles. The van der Waals surface area contributed by atoms with Crippen molar-refractivity contribution in [2.24, 2.45) is 7.05 Å². The molecule has 6 nitrogen and oxygen atoms in total. The molecule has 0 spiro atoms. The molecule has 0 unspecified atom stereocenters. The summed E-state index contributed by atoms with van der Waals surface area (Å²) < 4.78 is 55.6. The van der Waals surface area contributed by atoms with Gasteiger partial charge in [0.1, 0.15) is 11.5 Å². The van der Waals surface area contributed by atoms with Gasteiger partial charge in [-0.05, 0) is 42.0 Å². The molecule has 0 aliphatic heterocycles. The number of benzene rings is 1. The van der Waals surface area contributed by atoms with Crippen molar-refractivity contribution in [3.8, 4) is 11.3 Å². The Kier molecular flexibility index (Phi) is 6.46. The van der Waals surface area contributed by atoms with Gasteiger partial charge in [-0.1, -0.05) is 0 Å². The molecule has 2 aromatic heterocycles. The quantitative estimate of drug-likeness (QED) is 0.544. The molecule has 0 N–H and O–H groups in total. The second kappa shape index (κ2) is 9.04. The van der Waals surface area contributed by atoms with Crippen molar-refractivity contribution in [2.75, 3.05) is 13.2 Å². The second-order valence-electron chi connectivity index (χ2n) is 6.50. The SMILES string of the molecule is Cn1cnc(C(=O)N(CCOC(F)(F)F)Cc2ccnc(-c3ccc(F)cc3)c2)c1. The molecule has 0 aliphatic rings. The highest BCUT2D eigenvalue weighted by Crippen LogP contribution is 2.20. The molecule has 30 heavy (non-hydrogen) atoms. The van der Waals surface area contributed by atoms with E-state index in [4.69, 9.17) is 0 Å². The van der Waals surface area contributed by atoms with Crippen molar-refractivity contribution < 1.29 is 27.1 Å². The maximum atomic E-state index is 13.1. The summed E-state index contributed by atoms with van der Waals surface area (Å²) in [7, 11) is 1.68. The van der Waals surface area contributed by atoms with Crippen molar-refractivity contribution in [1.82, 2.24) is 19.4 Å². The number of imidazole rings is 1. The molecule has 0 atom stereocenters. The number of hydrogen-bond acceptors (Lipinski definition) is 4. The molecule has 3 rings (SSSR count). The summed E-state index contributed by atoms with van der Waals surface area (Å²) in [5.74, 6) is -0.909. The number of amides is 1. The van der Waals surface area contributed by atoms with Gasteiger partial charge in [-0.15, -0.1) is 13.2 Å². The lowest BCUT2D eigenvalue weighted by atomic mass is 10.1. The predicted molar refractivity (Wildman–Crippen MR) is 99.6 cm³/mol. The molecular weight excluding hydrogens is 404 g/mol. The van der Waals surface area contributed by atoms with E-state index in [0.29, 0.717) is 16.8 Å². The molecule has 1 amide bonds. The van der Waals surface area contributed by atoms with E-state index < -0.39 is 18.9 Å². The fourth-order valence-corrected chi connectivity index (χ4v) is 2.78. The van der Waals surface area contributed by atoms with E-state index in [1.54, 1.807) is 35.9 Å². The summed E-state index contributed by atoms with van der Waals surface area (Å²) in [6.45, 7) is -0.978. The first-order valence-electron chi connectivity index (χ1n) is 8.90. The van der Waals surface area contributed by atoms with Crippen LogP contribution >= 0.6 is 0 Å². The van der Waals surface area contributed by atoms with Crippen molar-refractivity contribution in [3.63, 3.8) is 0 Å². The number of alkyl halides is 3. The van der Waals surface area contributed by atoms with E-state index in [1.807, 2.05) is 0 Å². The molecule has 0 saturated carbocycles. The van der Waals surface area contributed by atoms with Gasteiger partial charge in [0.2, 0.25) is 0 Å². The highest BCUT2D eigenvalue weighted by atomic mass is 19.4. The minimum atomic E-state index is -4.79. The van der Waals surface area contributed by atoms with E-state index in [9.17, 15) is 22.4 Å². The lowest BCUT2D eigenvalue weighted by Gasteiger charge is -2.22. The van der Waals surface area contributed by atoms with Gasteiger partial charge in [-0.3, -0.25) is 14.5 Å². The van der Waals surface area contributed by atoms with Gasteiger partial charge in [-0.2, -0.15) is 0 Å². The average Bonchev–Trinajstić information content (AvgIpc) is 3.13. The highest BCUT2D eigenvalue weighted by Gasteiger charge is 2.29. The monoisotopic (exact) mass is 422 g/mol. The molecule has 1 aromatic carbocycles. The highest BCUT2D eigenvalue weighted by molar-refractivity contribution is 5.92. The Morgan fingerprint density at radius 1 is 1.17 bits per heavy atom.